The summed E-state index contributed by atoms with van der Waals surface area (Å²) in [7, 11) is 0. The van der Waals surface area contributed by atoms with Gasteiger partial charge in [-0.05, 0) is 65.2 Å². The number of quaternary nitrogens is 2. The Labute approximate surface area is 299 Å². The van der Waals surface area contributed by atoms with E-state index in [1.54, 1.807) is 0 Å². The topological polar surface area (TPSA) is 195 Å². The fourth-order valence-corrected chi connectivity index (χ4v) is 5.19. The average Bonchev–Trinajstić information content (AvgIpc) is 2.96. The molecule has 2 unspecified atom stereocenters. The van der Waals surface area contributed by atoms with E-state index in [0.717, 1.165) is 51.4 Å². The number of carboxylic acid groups (broad SMARTS) is 4. The van der Waals surface area contributed by atoms with Gasteiger partial charge in [-0.15, -0.1) is 0 Å². The van der Waals surface area contributed by atoms with Gasteiger partial charge in [0.05, 0.1) is 65.3 Å². The number of aliphatic hydroxyl groups excluding tert-OH is 2. The Bertz CT molecular complexity index is 748. The Balaban J connectivity index is -0.000000767. The summed E-state index contributed by atoms with van der Waals surface area (Å²) < 4.78 is 0.667. The minimum Gasteiger partial charge on any atom is -0.550 e. The summed E-state index contributed by atoms with van der Waals surface area (Å²) >= 11 is 0. The fraction of sp³-hybridized carbons (Fsp3) is 0.750. The van der Waals surface area contributed by atoms with E-state index in [1.807, 2.05) is 26.0 Å². The van der Waals surface area contributed by atoms with Crippen LogP contribution in [-0.2, 0) is 19.2 Å². The van der Waals surface area contributed by atoms with Crippen LogP contribution in [0.15, 0.2) is 24.3 Å². The van der Waals surface area contributed by atoms with Gasteiger partial charge in [0.15, 0.2) is 0 Å². The normalized spacial score (nSPS) is 13.8. The Morgan fingerprint density at radius 3 is 1.13 bits per heavy atom. The van der Waals surface area contributed by atoms with Crippen LogP contribution in [0.2, 0.25) is 0 Å². The second-order valence-electron chi connectivity index (χ2n) is 11.3. The van der Waals surface area contributed by atoms with Crippen molar-refractivity contribution in [1.29, 1.82) is 0 Å². The van der Waals surface area contributed by atoms with Crippen LogP contribution >= 0.6 is 0 Å². The number of allylic oxidation sites excluding steroid dienone is 4. The molecule has 256 valence electrons. The largest absolute Gasteiger partial charge is 2.00 e. The van der Waals surface area contributed by atoms with Gasteiger partial charge in [-0.2, -0.15) is 0 Å². The van der Waals surface area contributed by atoms with Gasteiger partial charge in [0.1, 0.15) is 13.1 Å². The zero-order chi connectivity index (χ0) is 33.7. The molecule has 12 nitrogen and oxygen atoms in total. The van der Waals surface area contributed by atoms with Gasteiger partial charge in [-0.1, -0.05) is 24.3 Å². The van der Waals surface area contributed by atoms with Crippen molar-refractivity contribution in [3.8, 4) is 0 Å². The van der Waals surface area contributed by atoms with Crippen molar-refractivity contribution >= 4 is 61.6 Å². The molecular weight excluding hydrogens is 612 g/mol. The molecule has 0 aliphatic carbocycles. The number of aliphatic carboxylic acids is 4. The maximum atomic E-state index is 10.8. The van der Waals surface area contributed by atoms with E-state index in [4.69, 9.17) is 10.2 Å². The smallest absolute Gasteiger partial charge is 0.550 e. The molecule has 2 atom stereocenters. The number of hydrogen-bond acceptors (Lipinski definition) is 8. The maximum absolute atomic E-state index is 10.8. The van der Waals surface area contributed by atoms with Gasteiger partial charge >= 0.3 is 49.7 Å². The van der Waals surface area contributed by atoms with E-state index < -0.39 is 23.9 Å². The summed E-state index contributed by atoms with van der Waals surface area (Å²) in [6, 6.07) is 0. The molecule has 45 heavy (non-hydrogen) atoms. The van der Waals surface area contributed by atoms with Crippen molar-refractivity contribution in [2.24, 2.45) is 0 Å². The van der Waals surface area contributed by atoms with E-state index in [0.29, 0.717) is 61.3 Å². The predicted octanol–water partition coefficient (Wildman–Crippen LogP) is 0.713. The van der Waals surface area contributed by atoms with Gasteiger partial charge in [0.2, 0.25) is 0 Å². The van der Waals surface area contributed by atoms with Crippen LogP contribution in [0.5, 0.6) is 0 Å². The van der Waals surface area contributed by atoms with Gasteiger partial charge in [-0.3, -0.25) is 9.59 Å². The van der Waals surface area contributed by atoms with Crippen molar-refractivity contribution in [2.75, 3.05) is 65.6 Å². The van der Waals surface area contributed by atoms with Gasteiger partial charge in [0.25, 0.3) is 0 Å². The molecule has 13 heteroatoms. The standard InChI is InChI=1S/2C16H29NO5.Ca/c2*1-2-3-4-5-6-7-10-17(13-14-18,11-8-15(19)20)12-9-16(21)22;/h2*2-3,18H,4-14H2,1H3,(H-,19,20,21,22);/q;;+2/b2*3-2+;. The van der Waals surface area contributed by atoms with Gasteiger partial charge in [-0.25, -0.2) is 0 Å². The van der Waals surface area contributed by atoms with Crippen LogP contribution in [-0.4, -0.2) is 157 Å². The summed E-state index contributed by atoms with van der Waals surface area (Å²) in [5, 5.41) is 57.8. The first-order chi connectivity index (χ1) is 20.9. The monoisotopic (exact) mass is 670 g/mol. The first kappa shape index (κ1) is 47.9. The van der Waals surface area contributed by atoms with Crippen molar-refractivity contribution in [3.05, 3.63) is 24.3 Å². The summed E-state index contributed by atoms with van der Waals surface area (Å²) in [6.45, 7) is 7.27. The molecule has 0 heterocycles. The van der Waals surface area contributed by atoms with E-state index >= 15 is 0 Å². The van der Waals surface area contributed by atoms with E-state index in [9.17, 15) is 39.6 Å². The molecule has 4 N–H and O–H groups in total. The molecule has 0 saturated carbocycles. The second kappa shape index (κ2) is 31.1. The molecule has 0 rings (SSSR count). The summed E-state index contributed by atoms with van der Waals surface area (Å²) in [5.41, 5.74) is 0. The number of nitrogens with zero attached hydrogens (tertiary/aromatic N) is 2. The molecule has 0 bridgehead atoms. The fourth-order valence-electron chi connectivity index (χ4n) is 5.19. The molecule has 0 aliphatic heterocycles. The Morgan fingerprint density at radius 1 is 0.533 bits per heavy atom. The quantitative estimate of drug-likeness (QED) is 0.0399. The number of aliphatic hydroxyl groups is 2. The minimum absolute atomic E-state index is 0. The second-order valence-corrected chi connectivity index (χ2v) is 11.3. The Hall–Kier alpha value is -1.54. The maximum Gasteiger partial charge on any atom is 2.00 e. The van der Waals surface area contributed by atoms with Crippen LogP contribution in [0.1, 0.15) is 90.9 Å². The van der Waals surface area contributed by atoms with E-state index in [2.05, 4.69) is 12.2 Å². The van der Waals surface area contributed by atoms with E-state index in [-0.39, 0.29) is 76.6 Å². The summed E-state index contributed by atoms with van der Waals surface area (Å²) in [6.07, 6.45) is 15.9. The molecule has 0 aliphatic rings. The first-order valence-electron chi connectivity index (χ1n) is 15.9. The molecule has 0 spiro atoms. The van der Waals surface area contributed by atoms with Crippen LogP contribution in [0.4, 0.5) is 0 Å². The molecule has 0 aromatic rings. The molecule has 0 saturated heterocycles. The molecule has 0 radical (unpaired) electrons. The van der Waals surface area contributed by atoms with Crippen LogP contribution in [0, 0.1) is 0 Å². The van der Waals surface area contributed by atoms with Crippen molar-refractivity contribution in [2.45, 2.75) is 90.9 Å². The zero-order valence-corrected chi connectivity index (χ0v) is 29.9. The molecule has 0 aromatic carbocycles. The van der Waals surface area contributed by atoms with Gasteiger partial charge in [0, 0.05) is 24.8 Å². The average molecular weight is 671 g/mol. The molecule has 0 aromatic heterocycles. The summed E-state index contributed by atoms with van der Waals surface area (Å²) in [5.74, 6) is -4.07. The minimum atomic E-state index is -1.14. The Morgan fingerprint density at radius 2 is 0.867 bits per heavy atom. The third kappa shape index (κ3) is 29.6. The van der Waals surface area contributed by atoms with Crippen molar-refractivity contribution in [3.63, 3.8) is 0 Å². The third-order valence-corrected chi connectivity index (χ3v) is 7.81. The van der Waals surface area contributed by atoms with Gasteiger partial charge < -0.3 is 49.2 Å². The number of carboxylic acids is 4. The van der Waals surface area contributed by atoms with Crippen LogP contribution < -0.4 is 10.2 Å². The van der Waals surface area contributed by atoms with Crippen LogP contribution in [0.25, 0.3) is 0 Å². The molecule has 0 fully saturated rings. The zero-order valence-electron chi connectivity index (χ0n) is 27.7. The number of carbonyl (C=O) groups is 4. The third-order valence-electron chi connectivity index (χ3n) is 7.81. The number of unbranched alkanes of at least 4 members (excludes halogenated alkanes) is 6. The summed E-state index contributed by atoms with van der Waals surface area (Å²) in [4.78, 5) is 43.1. The number of rotatable bonds is 28. The van der Waals surface area contributed by atoms with E-state index in [1.165, 1.54) is 0 Å². The SMILES string of the molecule is C/C=C/CCCCC[N+](CCO)(CCC(=O)[O-])CCC(=O)O.C/C=C/CCCCC[N+](CCO)(CCC(=O)[O-])CCC(=O)O.[Ca+2]. The number of carbonyl (C=O) groups excluding carboxylic acids is 2. The van der Waals surface area contributed by atoms with Crippen molar-refractivity contribution in [1.82, 2.24) is 0 Å². The molecular formula is C32H58CaN2O10+2. The predicted molar refractivity (Wildman–Crippen MR) is 170 cm³/mol. The Kier molecular flexibility index (Phi) is 33.1. The van der Waals surface area contributed by atoms with Crippen LogP contribution in [0.3, 0.4) is 0 Å². The number of hydrogen-bond donors (Lipinski definition) is 4. The van der Waals surface area contributed by atoms with Crippen molar-refractivity contribution < 1.29 is 58.8 Å². The molecule has 0 amide bonds. The first-order valence-corrected chi connectivity index (χ1v) is 15.9.